The standard InChI is InChI=1S/C15H16BrF2N3/c1-4-19-15-11(8(2)3)14(20-7-21-15)12-10(17)6-5-9(16)13(12)18/h5-8H,4H2,1-3H3,(H,19,20,21). The summed E-state index contributed by atoms with van der Waals surface area (Å²) in [7, 11) is 0. The van der Waals surface area contributed by atoms with Gasteiger partial charge in [-0.15, -0.1) is 0 Å². The van der Waals surface area contributed by atoms with E-state index in [9.17, 15) is 8.78 Å². The number of hydrogen-bond acceptors (Lipinski definition) is 3. The van der Waals surface area contributed by atoms with Gasteiger partial charge in [0.1, 0.15) is 23.8 Å². The molecule has 0 bridgehead atoms. The monoisotopic (exact) mass is 355 g/mol. The van der Waals surface area contributed by atoms with Gasteiger partial charge in [-0.1, -0.05) is 13.8 Å². The third kappa shape index (κ3) is 3.05. The van der Waals surface area contributed by atoms with Crippen molar-refractivity contribution in [3.63, 3.8) is 0 Å². The molecule has 2 rings (SSSR count). The van der Waals surface area contributed by atoms with Crippen molar-refractivity contribution in [3.05, 3.63) is 40.1 Å². The molecule has 0 radical (unpaired) electrons. The van der Waals surface area contributed by atoms with Gasteiger partial charge < -0.3 is 5.32 Å². The number of aromatic nitrogens is 2. The first-order chi connectivity index (χ1) is 9.97. The minimum Gasteiger partial charge on any atom is -0.370 e. The number of rotatable bonds is 4. The van der Waals surface area contributed by atoms with Gasteiger partial charge in [0.25, 0.3) is 0 Å². The molecule has 1 aromatic carbocycles. The molecule has 112 valence electrons. The van der Waals surface area contributed by atoms with Crippen LogP contribution in [0.25, 0.3) is 11.3 Å². The zero-order chi connectivity index (χ0) is 15.6. The fourth-order valence-corrected chi connectivity index (χ4v) is 2.52. The molecular weight excluding hydrogens is 340 g/mol. The minimum absolute atomic E-state index is 0.0213. The van der Waals surface area contributed by atoms with Gasteiger partial charge in [-0.25, -0.2) is 18.7 Å². The van der Waals surface area contributed by atoms with Gasteiger partial charge in [0, 0.05) is 12.1 Å². The Morgan fingerprint density at radius 2 is 1.95 bits per heavy atom. The lowest BCUT2D eigenvalue weighted by Gasteiger charge is -2.17. The molecule has 0 unspecified atom stereocenters. The van der Waals surface area contributed by atoms with Gasteiger partial charge in [-0.3, -0.25) is 0 Å². The summed E-state index contributed by atoms with van der Waals surface area (Å²) in [6, 6.07) is 2.57. The number of benzene rings is 1. The SMILES string of the molecule is CCNc1ncnc(-c2c(F)ccc(Br)c2F)c1C(C)C. The number of nitrogens with one attached hydrogen (secondary N) is 1. The van der Waals surface area contributed by atoms with E-state index in [2.05, 4.69) is 31.2 Å². The molecule has 0 fully saturated rings. The van der Waals surface area contributed by atoms with Crippen molar-refractivity contribution >= 4 is 21.7 Å². The largest absolute Gasteiger partial charge is 0.370 e. The van der Waals surface area contributed by atoms with Gasteiger partial charge in [-0.05, 0) is 40.9 Å². The predicted molar refractivity (Wildman–Crippen MR) is 83.3 cm³/mol. The number of halogens is 3. The van der Waals surface area contributed by atoms with Crippen LogP contribution in [-0.2, 0) is 0 Å². The summed E-state index contributed by atoms with van der Waals surface area (Å²) in [5.74, 6) is -0.666. The van der Waals surface area contributed by atoms with E-state index < -0.39 is 11.6 Å². The van der Waals surface area contributed by atoms with Crippen molar-refractivity contribution in [2.75, 3.05) is 11.9 Å². The van der Waals surface area contributed by atoms with Crippen LogP contribution in [-0.4, -0.2) is 16.5 Å². The lowest BCUT2D eigenvalue weighted by atomic mass is 9.96. The van der Waals surface area contributed by atoms with E-state index in [1.54, 1.807) is 0 Å². The van der Waals surface area contributed by atoms with Crippen molar-refractivity contribution < 1.29 is 8.78 Å². The molecule has 3 nitrogen and oxygen atoms in total. The van der Waals surface area contributed by atoms with E-state index in [1.165, 1.54) is 18.5 Å². The van der Waals surface area contributed by atoms with Crippen LogP contribution < -0.4 is 5.32 Å². The topological polar surface area (TPSA) is 37.8 Å². The Bertz CT molecular complexity index is 660. The summed E-state index contributed by atoms with van der Waals surface area (Å²) in [4.78, 5) is 8.30. The third-order valence-electron chi connectivity index (χ3n) is 3.09. The van der Waals surface area contributed by atoms with Crippen LogP contribution in [0.5, 0.6) is 0 Å². The Kier molecular flexibility index (Phi) is 4.88. The van der Waals surface area contributed by atoms with Crippen LogP contribution in [0.1, 0.15) is 32.3 Å². The molecular formula is C15H16BrF2N3. The molecule has 0 amide bonds. The summed E-state index contributed by atoms with van der Waals surface area (Å²) in [5, 5.41) is 3.11. The fourth-order valence-electron chi connectivity index (χ4n) is 2.19. The van der Waals surface area contributed by atoms with E-state index >= 15 is 0 Å². The fraction of sp³-hybridized carbons (Fsp3) is 0.333. The van der Waals surface area contributed by atoms with Crippen molar-refractivity contribution in [2.24, 2.45) is 0 Å². The number of nitrogens with zero attached hydrogens (tertiary/aromatic N) is 2. The van der Waals surface area contributed by atoms with Crippen LogP contribution in [0, 0.1) is 11.6 Å². The van der Waals surface area contributed by atoms with E-state index in [1.807, 2.05) is 20.8 Å². The van der Waals surface area contributed by atoms with Gasteiger partial charge in [0.05, 0.1) is 15.7 Å². The molecule has 21 heavy (non-hydrogen) atoms. The molecule has 0 aliphatic rings. The first-order valence-electron chi connectivity index (χ1n) is 6.70. The maximum Gasteiger partial charge on any atom is 0.149 e. The summed E-state index contributed by atoms with van der Waals surface area (Å²) in [6.07, 6.45) is 1.32. The quantitative estimate of drug-likeness (QED) is 0.805. The zero-order valence-electron chi connectivity index (χ0n) is 12.0. The van der Waals surface area contributed by atoms with Crippen LogP contribution >= 0.6 is 15.9 Å². The molecule has 0 saturated heterocycles. The van der Waals surface area contributed by atoms with E-state index in [0.717, 1.165) is 0 Å². The molecule has 0 aliphatic heterocycles. The minimum atomic E-state index is -0.655. The Morgan fingerprint density at radius 3 is 2.57 bits per heavy atom. The number of hydrogen-bond donors (Lipinski definition) is 1. The molecule has 1 heterocycles. The lowest BCUT2D eigenvalue weighted by molar-refractivity contribution is 0.583. The molecule has 0 atom stereocenters. The Hall–Kier alpha value is -1.56. The van der Waals surface area contributed by atoms with Crippen LogP contribution in [0.3, 0.4) is 0 Å². The molecule has 0 aliphatic carbocycles. The molecule has 6 heteroatoms. The highest BCUT2D eigenvalue weighted by atomic mass is 79.9. The summed E-state index contributed by atoms with van der Waals surface area (Å²) >= 11 is 3.09. The normalized spacial score (nSPS) is 11.0. The summed E-state index contributed by atoms with van der Waals surface area (Å²) in [6.45, 7) is 6.49. The highest BCUT2D eigenvalue weighted by Crippen LogP contribution is 2.36. The van der Waals surface area contributed by atoms with Crippen LogP contribution in [0.4, 0.5) is 14.6 Å². The summed E-state index contributed by atoms with van der Waals surface area (Å²) < 4.78 is 28.7. The maximum atomic E-state index is 14.3. The third-order valence-corrected chi connectivity index (χ3v) is 3.70. The van der Waals surface area contributed by atoms with Gasteiger partial charge in [0.2, 0.25) is 0 Å². The second-order valence-electron chi connectivity index (χ2n) is 4.89. The van der Waals surface area contributed by atoms with Crippen molar-refractivity contribution in [2.45, 2.75) is 26.7 Å². The molecule has 1 aromatic heterocycles. The lowest BCUT2D eigenvalue weighted by Crippen LogP contribution is -2.09. The van der Waals surface area contributed by atoms with E-state index in [0.29, 0.717) is 17.9 Å². The molecule has 0 spiro atoms. The van der Waals surface area contributed by atoms with Crippen molar-refractivity contribution in [1.29, 1.82) is 0 Å². The number of anilines is 1. The average molecular weight is 356 g/mol. The Labute approximate surface area is 131 Å². The molecule has 2 aromatic rings. The smallest absolute Gasteiger partial charge is 0.149 e. The van der Waals surface area contributed by atoms with Gasteiger partial charge in [0.15, 0.2) is 0 Å². The first kappa shape index (κ1) is 15.8. The Morgan fingerprint density at radius 1 is 1.24 bits per heavy atom. The van der Waals surface area contributed by atoms with Crippen molar-refractivity contribution in [1.82, 2.24) is 9.97 Å². The van der Waals surface area contributed by atoms with Crippen LogP contribution in [0.15, 0.2) is 22.9 Å². The second kappa shape index (κ2) is 6.47. The zero-order valence-corrected chi connectivity index (χ0v) is 13.6. The second-order valence-corrected chi connectivity index (χ2v) is 5.74. The molecule has 1 N–H and O–H groups in total. The Balaban J connectivity index is 2.75. The van der Waals surface area contributed by atoms with Gasteiger partial charge in [-0.2, -0.15) is 0 Å². The van der Waals surface area contributed by atoms with E-state index in [-0.39, 0.29) is 21.6 Å². The predicted octanol–water partition coefficient (Wildman–Crippen LogP) is 4.74. The van der Waals surface area contributed by atoms with Crippen LogP contribution in [0.2, 0.25) is 0 Å². The first-order valence-corrected chi connectivity index (χ1v) is 7.49. The maximum absolute atomic E-state index is 14.3. The van der Waals surface area contributed by atoms with Crippen molar-refractivity contribution in [3.8, 4) is 11.3 Å². The van der Waals surface area contributed by atoms with E-state index in [4.69, 9.17) is 0 Å². The highest BCUT2D eigenvalue weighted by Gasteiger charge is 2.22. The molecule has 0 saturated carbocycles. The summed E-state index contributed by atoms with van der Waals surface area (Å²) in [5.41, 5.74) is 0.858. The average Bonchev–Trinajstić information content (AvgIpc) is 2.44. The van der Waals surface area contributed by atoms with Gasteiger partial charge >= 0.3 is 0 Å². The highest BCUT2D eigenvalue weighted by molar-refractivity contribution is 9.10.